The molecule has 20 heavy (non-hydrogen) atoms. The van der Waals surface area contributed by atoms with Crippen LogP contribution in [0.25, 0.3) is 0 Å². The van der Waals surface area contributed by atoms with Crippen LogP contribution >= 0.6 is 0 Å². The van der Waals surface area contributed by atoms with Crippen LogP contribution in [0.5, 0.6) is 0 Å². The predicted molar refractivity (Wildman–Crippen MR) is 75.6 cm³/mol. The van der Waals surface area contributed by atoms with Crippen molar-refractivity contribution in [3.05, 3.63) is 29.3 Å². The number of nitrogens with one attached hydrogen (secondary N) is 1. The Morgan fingerprint density at radius 3 is 2.45 bits per heavy atom. The van der Waals surface area contributed by atoms with E-state index >= 15 is 0 Å². The number of alkyl carbamates (subject to hydrolysis) is 1. The molecule has 1 unspecified atom stereocenters. The molecule has 1 atom stereocenters. The van der Waals surface area contributed by atoms with Gasteiger partial charge in [0.1, 0.15) is 5.60 Å². The first-order chi connectivity index (χ1) is 9.10. The Labute approximate surface area is 117 Å². The number of nitrogens with two attached hydrogens (primary N) is 1. The molecular weight excluding hydrogens is 260 g/mol. The Morgan fingerprint density at radius 2 is 1.95 bits per heavy atom. The standard InChI is InChI=1S/C14H20N2O4/c1-8(16-13(19)20-14(2,3)4)9-5-6-11(15)10(7-9)12(17)18/h5-8H,15H2,1-4H3,(H,16,19)(H,17,18). The first-order valence-electron chi connectivity index (χ1n) is 6.22. The minimum absolute atomic E-state index is 0.0142. The fraction of sp³-hybridized carbons (Fsp3) is 0.429. The second-order valence-electron chi connectivity index (χ2n) is 5.52. The van der Waals surface area contributed by atoms with Crippen molar-refractivity contribution in [1.29, 1.82) is 0 Å². The number of carbonyl (C=O) groups is 2. The molecular formula is C14H20N2O4. The van der Waals surface area contributed by atoms with Crippen LogP contribution in [0.2, 0.25) is 0 Å². The minimum Gasteiger partial charge on any atom is -0.478 e. The highest BCUT2D eigenvalue weighted by molar-refractivity contribution is 5.93. The highest BCUT2D eigenvalue weighted by Gasteiger charge is 2.19. The third-order valence-corrected chi connectivity index (χ3v) is 2.54. The largest absolute Gasteiger partial charge is 0.478 e. The second kappa shape index (κ2) is 5.81. The smallest absolute Gasteiger partial charge is 0.408 e. The van der Waals surface area contributed by atoms with Gasteiger partial charge in [-0.1, -0.05) is 6.07 Å². The molecule has 1 amide bonds. The number of hydrogen-bond donors (Lipinski definition) is 3. The van der Waals surface area contributed by atoms with Gasteiger partial charge in [-0.15, -0.1) is 0 Å². The molecule has 0 aliphatic carbocycles. The SMILES string of the molecule is CC(NC(=O)OC(C)(C)C)c1ccc(N)c(C(=O)O)c1. The Hall–Kier alpha value is -2.24. The van der Waals surface area contributed by atoms with Crippen molar-refractivity contribution in [2.75, 3.05) is 5.73 Å². The molecule has 1 aromatic carbocycles. The Balaban J connectivity index is 2.83. The number of aromatic carboxylic acids is 1. The van der Waals surface area contributed by atoms with Gasteiger partial charge in [0.05, 0.1) is 11.6 Å². The summed E-state index contributed by atoms with van der Waals surface area (Å²) < 4.78 is 5.14. The minimum atomic E-state index is -1.10. The summed E-state index contributed by atoms with van der Waals surface area (Å²) in [5.41, 5.74) is 5.84. The maximum Gasteiger partial charge on any atom is 0.408 e. The number of carboxylic acid groups (broad SMARTS) is 1. The number of anilines is 1. The average molecular weight is 280 g/mol. The van der Waals surface area contributed by atoms with Gasteiger partial charge in [-0.25, -0.2) is 9.59 Å². The fourth-order valence-electron chi connectivity index (χ4n) is 1.60. The predicted octanol–water partition coefficient (Wildman–Crippen LogP) is 2.55. The van der Waals surface area contributed by atoms with Gasteiger partial charge >= 0.3 is 12.1 Å². The van der Waals surface area contributed by atoms with Crippen molar-refractivity contribution in [3.8, 4) is 0 Å². The van der Waals surface area contributed by atoms with Gasteiger partial charge in [-0.3, -0.25) is 0 Å². The van der Waals surface area contributed by atoms with Gasteiger partial charge in [0.25, 0.3) is 0 Å². The van der Waals surface area contributed by atoms with Crippen molar-refractivity contribution >= 4 is 17.7 Å². The lowest BCUT2D eigenvalue weighted by Gasteiger charge is -2.22. The molecule has 0 bridgehead atoms. The number of nitrogen functional groups attached to an aromatic ring is 1. The summed E-state index contributed by atoms with van der Waals surface area (Å²) in [6, 6.07) is 4.24. The van der Waals surface area contributed by atoms with Crippen LogP contribution < -0.4 is 11.1 Å². The van der Waals surface area contributed by atoms with Gasteiger partial charge < -0.3 is 20.9 Å². The van der Waals surface area contributed by atoms with E-state index < -0.39 is 17.7 Å². The maximum absolute atomic E-state index is 11.7. The van der Waals surface area contributed by atoms with Crippen LogP contribution in [0.15, 0.2) is 18.2 Å². The van der Waals surface area contributed by atoms with Crippen LogP contribution in [-0.4, -0.2) is 22.8 Å². The van der Waals surface area contributed by atoms with Crippen molar-refractivity contribution in [2.24, 2.45) is 0 Å². The summed E-state index contributed by atoms with van der Waals surface area (Å²) in [5, 5.41) is 11.7. The first kappa shape index (κ1) is 15.8. The van der Waals surface area contributed by atoms with Gasteiger partial charge in [-0.05, 0) is 45.4 Å². The van der Waals surface area contributed by atoms with E-state index in [-0.39, 0.29) is 17.3 Å². The Morgan fingerprint density at radius 1 is 1.35 bits per heavy atom. The van der Waals surface area contributed by atoms with Crippen LogP contribution in [-0.2, 0) is 4.74 Å². The van der Waals surface area contributed by atoms with E-state index in [4.69, 9.17) is 15.6 Å². The maximum atomic E-state index is 11.7. The van der Waals surface area contributed by atoms with Gasteiger partial charge in [-0.2, -0.15) is 0 Å². The number of amides is 1. The summed E-state index contributed by atoms with van der Waals surface area (Å²) in [7, 11) is 0. The topological polar surface area (TPSA) is 102 Å². The lowest BCUT2D eigenvalue weighted by atomic mass is 10.0. The van der Waals surface area contributed by atoms with Crippen LogP contribution in [0, 0.1) is 0 Å². The monoisotopic (exact) mass is 280 g/mol. The van der Waals surface area contributed by atoms with E-state index in [9.17, 15) is 9.59 Å². The Kier molecular flexibility index (Phi) is 4.60. The number of benzene rings is 1. The molecule has 0 aliphatic heterocycles. The number of rotatable bonds is 3. The molecule has 0 aromatic heterocycles. The molecule has 1 aromatic rings. The van der Waals surface area contributed by atoms with Crippen LogP contribution in [0.1, 0.15) is 49.7 Å². The zero-order chi connectivity index (χ0) is 15.5. The molecule has 6 nitrogen and oxygen atoms in total. The van der Waals surface area contributed by atoms with Gasteiger partial charge in [0, 0.05) is 5.69 Å². The second-order valence-corrected chi connectivity index (χ2v) is 5.52. The number of hydrogen-bond acceptors (Lipinski definition) is 4. The molecule has 4 N–H and O–H groups in total. The summed E-state index contributed by atoms with van der Waals surface area (Å²) in [5.74, 6) is -1.10. The number of carboxylic acids is 1. The van der Waals surface area contributed by atoms with Gasteiger partial charge in [0.15, 0.2) is 0 Å². The van der Waals surface area contributed by atoms with Crippen LogP contribution in [0.4, 0.5) is 10.5 Å². The molecule has 0 spiro atoms. The van der Waals surface area contributed by atoms with E-state index in [0.29, 0.717) is 5.56 Å². The lowest BCUT2D eigenvalue weighted by molar-refractivity contribution is 0.0507. The molecule has 6 heteroatoms. The molecule has 0 radical (unpaired) electrons. The third kappa shape index (κ3) is 4.46. The summed E-state index contributed by atoms with van der Waals surface area (Å²) in [4.78, 5) is 22.7. The van der Waals surface area contributed by atoms with E-state index in [2.05, 4.69) is 5.32 Å². The molecule has 0 saturated heterocycles. The van der Waals surface area contributed by atoms with E-state index in [1.807, 2.05) is 0 Å². The van der Waals surface area contributed by atoms with Crippen molar-refractivity contribution in [2.45, 2.75) is 39.3 Å². The fourth-order valence-corrected chi connectivity index (χ4v) is 1.60. The lowest BCUT2D eigenvalue weighted by Crippen LogP contribution is -2.34. The third-order valence-electron chi connectivity index (χ3n) is 2.54. The molecule has 0 heterocycles. The van der Waals surface area contributed by atoms with Crippen LogP contribution in [0.3, 0.4) is 0 Å². The zero-order valence-electron chi connectivity index (χ0n) is 12.1. The number of carbonyl (C=O) groups excluding carboxylic acids is 1. The first-order valence-corrected chi connectivity index (χ1v) is 6.22. The van der Waals surface area contributed by atoms with E-state index in [1.165, 1.54) is 12.1 Å². The molecule has 0 aliphatic rings. The number of ether oxygens (including phenoxy) is 1. The summed E-state index contributed by atoms with van der Waals surface area (Å²) in [6.45, 7) is 7.04. The highest BCUT2D eigenvalue weighted by atomic mass is 16.6. The normalized spacial score (nSPS) is 12.6. The zero-order valence-corrected chi connectivity index (χ0v) is 12.1. The quantitative estimate of drug-likeness (QED) is 0.738. The van der Waals surface area contributed by atoms with Gasteiger partial charge in [0.2, 0.25) is 0 Å². The van der Waals surface area contributed by atoms with Crippen molar-refractivity contribution < 1.29 is 19.4 Å². The van der Waals surface area contributed by atoms with Crippen molar-refractivity contribution in [1.82, 2.24) is 5.32 Å². The van der Waals surface area contributed by atoms with E-state index in [0.717, 1.165) is 0 Å². The van der Waals surface area contributed by atoms with Crippen molar-refractivity contribution in [3.63, 3.8) is 0 Å². The summed E-state index contributed by atoms with van der Waals surface area (Å²) in [6.07, 6.45) is -0.557. The summed E-state index contributed by atoms with van der Waals surface area (Å²) >= 11 is 0. The molecule has 0 saturated carbocycles. The molecule has 1 rings (SSSR count). The average Bonchev–Trinajstić information content (AvgIpc) is 2.26. The Bertz CT molecular complexity index is 520. The molecule has 0 fully saturated rings. The van der Waals surface area contributed by atoms with E-state index in [1.54, 1.807) is 33.8 Å². The molecule has 110 valence electrons. The highest BCUT2D eigenvalue weighted by Crippen LogP contribution is 2.20.